The van der Waals surface area contributed by atoms with Crippen LogP contribution >= 0.6 is 0 Å². The molecule has 2 rings (SSSR count). The van der Waals surface area contributed by atoms with Crippen molar-refractivity contribution in [1.82, 2.24) is 4.90 Å². The van der Waals surface area contributed by atoms with Crippen LogP contribution in [0.15, 0.2) is 0 Å². The van der Waals surface area contributed by atoms with Crippen molar-refractivity contribution in [3.8, 4) is 0 Å². The van der Waals surface area contributed by atoms with Crippen molar-refractivity contribution >= 4 is 0 Å². The van der Waals surface area contributed by atoms with Crippen LogP contribution in [0, 0.1) is 10.8 Å². The standard InChI is InChI=1S/C16H32N2/c1-15(2)9-5-14(6-10-15)18(3)12-11-16(13-17)7-4-8-16/h14H,4-13,17H2,1-3H3. The Morgan fingerprint density at radius 3 is 2.17 bits per heavy atom. The van der Waals surface area contributed by atoms with Gasteiger partial charge >= 0.3 is 0 Å². The van der Waals surface area contributed by atoms with Crippen LogP contribution in [0.4, 0.5) is 0 Å². The molecule has 0 aromatic rings. The van der Waals surface area contributed by atoms with Gasteiger partial charge < -0.3 is 10.6 Å². The van der Waals surface area contributed by atoms with E-state index in [1.165, 1.54) is 57.9 Å². The van der Waals surface area contributed by atoms with Gasteiger partial charge in [0, 0.05) is 6.04 Å². The largest absolute Gasteiger partial charge is 0.330 e. The highest BCUT2D eigenvalue weighted by Gasteiger charge is 2.36. The molecule has 0 radical (unpaired) electrons. The van der Waals surface area contributed by atoms with Crippen molar-refractivity contribution in [3.05, 3.63) is 0 Å². The topological polar surface area (TPSA) is 29.3 Å². The molecule has 2 aliphatic carbocycles. The van der Waals surface area contributed by atoms with Crippen LogP contribution in [0.25, 0.3) is 0 Å². The van der Waals surface area contributed by atoms with Crippen molar-refractivity contribution in [2.45, 2.75) is 71.3 Å². The minimum Gasteiger partial charge on any atom is -0.330 e. The molecule has 0 unspecified atom stereocenters. The lowest BCUT2D eigenvalue weighted by molar-refractivity contribution is 0.0798. The molecule has 2 heteroatoms. The third-order valence-corrected chi connectivity index (χ3v) is 5.77. The maximum Gasteiger partial charge on any atom is 0.00926 e. The summed E-state index contributed by atoms with van der Waals surface area (Å²) in [5, 5.41) is 0. The third kappa shape index (κ3) is 3.27. The lowest BCUT2D eigenvalue weighted by atomic mass is 9.66. The first-order valence-corrected chi connectivity index (χ1v) is 7.87. The van der Waals surface area contributed by atoms with E-state index in [9.17, 15) is 0 Å². The van der Waals surface area contributed by atoms with E-state index in [1.54, 1.807) is 0 Å². The lowest BCUT2D eigenvalue weighted by Gasteiger charge is -2.44. The van der Waals surface area contributed by atoms with Gasteiger partial charge in [0.2, 0.25) is 0 Å². The predicted octanol–water partition coefficient (Wildman–Crippen LogP) is 3.41. The van der Waals surface area contributed by atoms with Gasteiger partial charge in [-0.3, -0.25) is 0 Å². The van der Waals surface area contributed by atoms with Gasteiger partial charge in [0.1, 0.15) is 0 Å². The fraction of sp³-hybridized carbons (Fsp3) is 1.00. The Hall–Kier alpha value is -0.0800. The molecule has 2 aliphatic rings. The molecule has 2 N–H and O–H groups in total. The quantitative estimate of drug-likeness (QED) is 0.812. The third-order valence-electron chi connectivity index (χ3n) is 5.77. The SMILES string of the molecule is CN(CCC1(CN)CCC1)C1CCC(C)(C)CC1. The summed E-state index contributed by atoms with van der Waals surface area (Å²) in [5.74, 6) is 0. The van der Waals surface area contributed by atoms with Gasteiger partial charge in [-0.15, -0.1) is 0 Å². The zero-order chi connectivity index (χ0) is 13.2. The summed E-state index contributed by atoms with van der Waals surface area (Å²) in [7, 11) is 2.33. The summed E-state index contributed by atoms with van der Waals surface area (Å²) in [6, 6.07) is 0.827. The zero-order valence-electron chi connectivity index (χ0n) is 12.7. The molecule has 0 spiro atoms. The van der Waals surface area contributed by atoms with Gasteiger partial charge in [-0.1, -0.05) is 20.3 Å². The van der Waals surface area contributed by atoms with Gasteiger partial charge in [-0.2, -0.15) is 0 Å². The molecule has 2 nitrogen and oxygen atoms in total. The minimum absolute atomic E-state index is 0.516. The van der Waals surface area contributed by atoms with Crippen LogP contribution in [0.3, 0.4) is 0 Å². The molecule has 2 saturated carbocycles. The Kier molecular flexibility index (Phi) is 4.38. The van der Waals surface area contributed by atoms with Crippen molar-refractivity contribution in [3.63, 3.8) is 0 Å². The molecule has 0 atom stereocenters. The van der Waals surface area contributed by atoms with Gasteiger partial charge in [0.15, 0.2) is 0 Å². The number of hydrogen-bond donors (Lipinski definition) is 1. The highest BCUT2D eigenvalue weighted by Crippen LogP contribution is 2.43. The second-order valence-corrected chi connectivity index (χ2v) is 7.68. The van der Waals surface area contributed by atoms with E-state index in [-0.39, 0.29) is 0 Å². The molecule has 0 bridgehead atoms. The van der Waals surface area contributed by atoms with E-state index in [0.29, 0.717) is 10.8 Å². The molecule has 0 aliphatic heterocycles. The van der Waals surface area contributed by atoms with Gasteiger partial charge in [0.25, 0.3) is 0 Å². The second-order valence-electron chi connectivity index (χ2n) is 7.68. The Bertz CT molecular complexity index is 253. The fourth-order valence-electron chi connectivity index (χ4n) is 3.65. The predicted molar refractivity (Wildman–Crippen MR) is 78.6 cm³/mol. The molecule has 0 amide bonds. The van der Waals surface area contributed by atoms with Gasteiger partial charge in [-0.05, 0) is 75.9 Å². The molecule has 18 heavy (non-hydrogen) atoms. The summed E-state index contributed by atoms with van der Waals surface area (Å²) >= 11 is 0. The molecule has 0 saturated heterocycles. The first-order chi connectivity index (χ1) is 8.46. The number of rotatable bonds is 5. The molecule has 0 aromatic heterocycles. The fourth-order valence-corrected chi connectivity index (χ4v) is 3.65. The maximum atomic E-state index is 5.95. The Morgan fingerprint density at radius 2 is 1.72 bits per heavy atom. The van der Waals surface area contributed by atoms with Crippen LogP contribution in [-0.2, 0) is 0 Å². The average Bonchev–Trinajstić information content (AvgIpc) is 2.28. The van der Waals surface area contributed by atoms with Gasteiger partial charge in [0.05, 0.1) is 0 Å². The molecular weight excluding hydrogens is 220 g/mol. The Labute approximate surface area is 113 Å². The van der Waals surface area contributed by atoms with Crippen molar-refractivity contribution in [2.24, 2.45) is 16.6 Å². The summed E-state index contributed by atoms with van der Waals surface area (Å²) in [6.45, 7) is 6.99. The molecule has 2 fully saturated rings. The summed E-state index contributed by atoms with van der Waals surface area (Å²) in [4.78, 5) is 2.62. The number of nitrogens with zero attached hydrogens (tertiary/aromatic N) is 1. The minimum atomic E-state index is 0.516. The van der Waals surface area contributed by atoms with Crippen molar-refractivity contribution in [1.29, 1.82) is 0 Å². The normalized spacial score (nSPS) is 27.2. The highest BCUT2D eigenvalue weighted by molar-refractivity contribution is 4.90. The van der Waals surface area contributed by atoms with E-state index in [4.69, 9.17) is 5.73 Å². The van der Waals surface area contributed by atoms with Crippen molar-refractivity contribution < 1.29 is 0 Å². The maximum absolute atomic E-state index is 5.95. The molecular formula is C16H32N2. The van der Waals surface area contributed by atoms with E-state index in [2.05, 4.69) is 25.8 Å². The monoisotopic (exact) mass is 252 g/mol. The van der Waals surface area contributed by atoms with E-state index in [1.807, 2.05) is 0 Å². The molecule has 0 heterocycles. The first-order valence-electron chi connectivity index (χ1n) is 7.87. The first kappa shape index (κ1) is 14.3. The average molecular weight is 252 g/mol. The van der Waals surface area contributed by atoms with Crippen LogP contribution in [0.2, 0.25) is 0 Å². The summed E-state index contributed by atoms with van der Waals surface area (Å²) in [6.07, 6.45) is 11.0. The van der Waals surface area contributed by atoms with Crippen molar-refractivity contribution in [2.75, 3.05) is 20.1 Å². The van der Waals surface area contributed by atoms with E-state index in [0.717, 1.165) is 12.6 Å². The van der Waals surface area contributed by atoms with E-state index < -0.39 is 0 Å². The Morgan fingerprint density at radius 1 is 1.11 bits per heavy atom. The summed E-state index contributed by atoms with van der Waals surface area (Å²) in [5.41, 5.74) is 7.05. The van der Waals surface area contributed by atoms with Gasteiger partial charge in [-0.25, -0.2) is 0 Å². The summed E-state index contributed by atoms with van der Waals surface area (Å²) < 4.78 is 0. The molecule has 0 aromatic carbocycles. The Balaban J connectivity index is 1.73. The van der Waals surface area contributed by atoms with Crippen LogP contribution in [-0.4, -0.2) is 31.1 Å². The van der Waals surface area contributed by atoms with Crippen LogP contribution < -0.4 is 5.73 Å². The smallest absolute Gasteiger partial charge is 0.00926 e. The number of nitrogens with two attached hydrogens (primary N) is 1. The van der Waals surface area contributed by atoms with E-state index >= 15 is 0 Å². The van der Waals surface area contributed by atoms with Crippen LogP contribution in [0.5, 0.6) is 0 Å². The lowest BCUT2D eigenvalue weighted by Crippen LogP contribution is -2.43. The zero-order valence-corrected chi connectivity index (χ0v) is 12.7. The second kappa shape index (κ2) is 5.50. The number of hydrogen-bond acceptors (Lipinski definition) is 2. The van der Waals surface area contributed by atoms with Crippen LogP contribution in [0.1, 0.15) is 65.2 Å². The highest BCUT2D eigenvalue weighted by atomic mass is 15.1. The molecule has 106 valence electrons.